The Bertz CT molecular complexity index is 377. The summed E-state index contributed by atoms with van der Waals surface area (Å²) in [7, 11) is 1.81. The van der Waals surface area contributed by atoms with Gasteiger partial charge in [-0.3, -0.25) is 4.90 Å². The minimum Gasteiger partial charge on any atom is -0.476 e. The van der Waals surface area contributed by atoms with Gasteiger partial charge < -0.3 is 10.1 Å². The van der Waals surface area contributed by atoms with E-state index in [0.29, 0.717) is 18.4 Å². The van der Waals surface area contributed by atoms with Crippen LogP contribution in [0.2, 0.25) is 0 Å². The highest BCUT2D eigenvalue weighted by Crippen LogP contribution is 2.12. The van der Waals surface area contributed by atoms with Crippen LogP contribution in [0.3, 0.4) is 0 Å². The molecule has 0 atom stereocenters. The molecule has 0 aliphatic carbocycles. The molecule has 0 bridgehead atoms. The molecule has 0 aromatic carbocycles. The molecule has 1 aliphatic rings. The molecule has 1 aromatic rings. The molecule has 1 N–H and O–H groups in total. The molecular weight excluding hydrogens is 228 g/mol. The van der Waals surface area contributed by atoms with Crippen molar-refractivity contribution >= 4 is 5.95 Å². The Kier molecular flexibility index (Phi) is 4.75. The molecule has 5 nitrogen and oxygen atoms in total. The minimum absolute atomic E-state index is 0.614. The predicted octanol–water partition coefficient (Wildman–Crippen LogP) is 1.69. The molecule has 1 aromatic heterocycles. The number of nitrogens with zero attached hydrogens (tertiary/aromatic N) is 3. The van der Waals surface area contributed by atoms with Crippen LogP contribution in [0.1, 0.15) is 25.0 Å². The van der Waals surface area contributed by atoms with E-state index in [0.717, 1.165) is 12.2 Å². The molecule has 1 aliphatic heterocycles. The van der Waals surface area contributed by atoms with E-state index in [1.165, 1.54) is 32.4 Å². The molecule has 0 saturated carbocycles. The monoisotopic (exact) mass is 250 g/mol. The third kappa shape index (κ3) is 3.84. The number of piperidine rings is 1. The Morgan fingerprint density at radius 1 is 1.28 bits per heavy atom. The van der Waals surface area contributed by atoms with E-state index >= 15 is 0 Å². The number of anilines is 1. The first kappa shape index (κ1) is 13.1. The van der Waals surface area contributed by atoms with Crippen LogP contribution in [-0.4, -0.2) is 48.2 Å². The van der Waals surface area contributed by atoms with Gasteiger partial charge in [0.2, 0.25) is 11.8 Å². The lowest BCUT2D eigenvalue weighted by molar-refractivity contribution is 0.180. The standard InChI is InChI=1S/C13H22N4O/c1-11-10-12(16-13(14-2)15-11)18-9-8-17-6-4-3-5-7-17/h10H,3-9H2,1-2H3,(H,14,15,16). The van der Waals surface area contributed by atoms with E-state index in [1.54, 1.807) is 0 Å². The molecule has 0 amide bonds. The van der Waals surface area contributed by atoms with Crippen molar-refractivity contribution in [3.63, 3.8) is 0 Å². The maximum Gasteiger partial charge on any atom is 0.225 e. The molecule has 100 valence electrons. The average molecular weight is 250 g/mol. The normalized spacial score (nSPS) is 16.6. The van der Waals surface area contributed by atoms with Crippen LogP contribution in [0, 0.1) is 6.92 Å². The van der Waals surface area contributed by atoms with Crippen molar-refractivity contribution in [2.45, 2.75) is 26.2 Å². The topological polar surface area (TPSA) is 50.3 Å². The fourth-order valence-corrected chi connectivity index (χ4v) is 2.19. The number of likely N-dealkylation sites (tertiary alicyclic amines) is 1. The molecule has 5 heteroatoms. The van der Waals surface area contributed by atoms with Gasteiger partial charge in [-0.25, -0.2) is 4.98 Å². The first-order chi connectivity index (χ1) is 8.78. The first-order valence-corrected chi connectivity index (χ1v) is 6.66. The molecular formula is C13H22N4O. The molecule has 2 heterocycles. The van der Waals surface area contributed by atoms with Gasteiger partial charge in [0, 0.05) is 25.4 Å². The number of aryl methyl sites for hydroxylation is 1. The SMILES string of the molecule is CNc1nc(C)cc(OCCN2CCCCC2)n1. The number of hydrogen-bond acceptors (Lipinski definition) is 5. The summed E-state index contributed by atoms with van der Waals surface area (Å²) >= 11 is 0. The van der Waals surface area contributed by atoms with Crippen LogP contribution < -0.4 is 10.1 Å². The summed E-state index contributed by atoms with van der Waals surface area (Å²) in [5, 5.41) is 2.94. The van der Waals surface area contributed by atoms with Crippen LogP contribution in [0.15, 0.2) is 6.07 Å². The second-order valence-electron chi connectivity index (χ2n) is 4.67. The van der Waals surface area contributed by atoms with Gasteiger partial charge in [-0.05, 0) is 32.9 Å². The number of ether oxygens (including phenoxy) is 1. The third-order valence-corrected chi connectivity index (χ3v) is 3.16. The van der Waals surface area contributed by atoms with Crippen LogP contribution in [0.4, 0.5) is 5.95 Å². The van der Waals surface area contributed by atoms with Gasteiger partial charge in [0.25, 0.3) is 0 Å². The predicted molar refractivity (Wildman–Crippen MR) is 72.1 cm³/mol. The quantitative estimate of drug-likeness (QED) is 0.862. The lowest BCUT2D eigenvalue weighted by atomic mass is 10.1. The molecule has 0 spiro atoms. The van der Waals surface area contributed by atoms with Crippen molar-refractivity contribution in [3.8, 4) is 5.88 Å². The summed E-state index contributed by atoms with van der Waals surface area (Å²) in [6.07, 6.45) is 4.00. The highest BCUT2D eigenvalue weighted by atomic mass is 16.5. The number of nitrogens with one attached hydrogen (secondary N) is 1. The Morgan fingerprint density at radius 2 is 2.06 bits per heavy atom. The Labute approximate surface area is 109 Å². The smallest absolute Gasteiger partial charge is 0.225 e. The van der Waals surface area contributed by atoms with Gasteiger partial charge in [0.15, 0.2) is 0 Å². The van der Waals surface area contributed by atoms with Crippen LogP contribution in [0.25, 0.3) is 0 Å². The fraction of sp³-hybridized carbons (Fsp3) is 0.692. The third-order valence-electron chi connectivity index (χ3n) is 3.16. The molecule has 1 saturated heterocycles. The van der Waals surface area contributed by atoms with Gasteiger partial charge in [-0.1, -0.05) is 6.42 Å². The molecule has 18 heavy (non-hydrogen) atoms. The summed E-state index contributed by atoms with van der Waals surface area (Å²) in [4.78, 5) is 11.0. The van der Waals surface area contributed by atoms with Crippen molar-refractivity contribution in [2.24, 2.45) is 0 Å². The van der Waals surface area contributed by atoms with Crippen molar-refractivity contribution in [2.75, 3.05) is 38.6 Å². The Hall–Kier alpha value is -1.36. The zero-order chi connectivity index (χ0) is 12.8. The largest absolute Gasteiger partial charge is 0.476 e. The fourth-order valence-electron chi connectivity index (χ4n) is 2.19. The van der Waals surface area contributed by atoms with Gasteiger partial charge >= 0.3 is 0 Å². The maximum absolute atomic E-state index is 5.70. The summed E-state index contributed by atoms with van der Waals surface area (Å²) in [5.74, 6) is 1.27. The van der Waals surface area contributed by atoms with Gasteiger partial charge in [0.05, 0.1) is 0 Å². The molecule has 0 radical (unpaired) electrons. The second-order valence-corrected chi connectivity index (χ2v) is 4.67. The van der Waals surface area contributed by atoms with Gasteiger partial charge in [-0.15, -0.1) is 0 Å². The summed E-state index contributed by atoms with van der Waals surface area (Å²) in [6, 6.07) is 1.87. The highest BCUT2D eigenvalue weighted by Gasteiger charge is 2.10. The first-order valence-electron chi connectivity index (χ1n) is 6.66. The maximum atomic E-state index is 5.70. The zero-order valence-corrected chi connectivity index (χ0v) is 11.3. The number of rotatable bonds is 5. The van der Waals surface area contributed by atoms with Crippen molar-refractivity contribution < 1.29 is 4.74 Å². The van der Waals surface area contributed by atoms with Gasteiger partial charge in [-0.2, -0.15) is 4.98 Å². The van der Waals surface area contributed by atoms with Crippen LogP contribution in [0.5, 0.6) is 5.88 Å². The lowest BCUT2D eigenvalue weighted by Gasteiger charge is -2.26. The van der Waals surface area contributed by atoms with E-state index in [1.807, 2.05) is 20.0 Å². The minimum atomic E-state index is 0.614. The van der Waals surface area contributed by atoms with Crippen molar-refractivity contribution in [1.29, 1.82) is 0 Å². The van der Waals surface area contributed by atoms with Crippen molar-refractivity contribution in [1.82, 2.24) is 14.9 Å². The Balaban J connectivity index is 1.80. The molecule has 1 fully saturated rings. The van der Waals surface area contributed by atoms with Crippen LogP contribution in [-0.2, 0) is 0 Å². The summed E-state index contributed by atoms with van der Waals surface area (Å²) in [6.45, 7) is 6.03. The van der Waals surface area contributed by atoms with E-state index < -0.39 is 0 Å². The average Bonchev–Trinajstić information content (AvgIpc) is 2.39. The lowest BCUT2D eigenvalue weighted by Crippen LogP contribution is -2.33. The highest BCUT2D eigenvalue weighted by molar-refractivity contribution is 5.29. The number of hydrogen-bond donors (Lipinski definition) is 1. The van der Waals surface area contributed by atoms with Crippen molar-refractivity contribution in [3.05, 3.63) is 11.8 Å². The second kappa shape index (κ2) is 6.54. The van der Waals surface area contributed by atoms with E-state index in [4.69, 9.17) is 4.74 Å². The molecule has 0 unspecified atom stereocenters. The number of aromatic nitrogens is 2. The van der Waals surface area contributed by atoms with E-state index in [-0.39, 0.29) is 0 Å². The summed E-state index contributed by atoms with van der Waals surface area (Å²) in [5.41, 5.74) is 0.919. The molecule has 2 rings (SSSR count). The van der Waals surface area contributed by atoms with E-state index in [9.17, 15) is 0 Å². The Morgan fingerprint density at radius 3 is 2.78 bits per heavy atom. The van der Waals surface area contributed by atoms with E-state index in [2.05, 4.69) is 20.2 Å². The summed E-state index contributed by atoms with van der Waals surface area (Å²) < 4.78 is 5.70. The van der Waals surface area contributed by atoms with Gasteiger partial charge in [0.1, 0.15) is 6.61 Å². The zero-order valence-electron chi connectivity index (χ0n) is 11.3. The van der Waals surface area contributed by atoms with Crippen LogP contribution >= 0.6 is 0 Å².